The normalized spacial score (nSPS) is 18.9. The second-order valence-corrected chi connectivity index (χ2v) is 10.4. The molecule has 2 aliphatic carbocycles. The first kappa shape index (κ1) is 27.0. The lowest BCUT2D eigenvalue weighted by molar-refractivity contribution is -0.130. The molecule has 8 N–H and O–H groups in total. The maximum atomic E-state index is 13.1. The van der Waals surface area contributed by atoms with Gasteiger partial charge < -0.3 is 27.8 Å². The van der Waals surface area contributed by atoms with Crippen LogP contribution in [0, 0.1) is 11.8 Å². The van der Waals surface area contributed by atoms with Gasteiger partial charge in [-0.25, -0.2) is 4.99 Å². The van der Waals surface area contributed by atoms with E-state index in [9.17, 15) is 9.59 Å². The van der Waals surface area contributed by atoms with Crippen molar-refractivity contribution in [3.05, 3.63) is 29.8 Å². The lowest BCUT2D eigenvalue weighted by Gasteiger charge is -2.27. The Morgan fingerprint density at radius 3 is 2.09 bits per heavy atom. The first-order chi connectivity index (χ1) is 16.9. The summed E-state index contributed by atoms with van der Waals surface area (Å²) >= 11 is 0. The first-order valence-corrected chi connectivity index (χ1v) is 13.4. The predicted octanol–water partition coefficient (Wildman–Crippen LogP) is 3.00. The fourth-order valence-corrected chi connectivity index (χ4v) is 5.39. The van der Waals surface area contributed by atoms with E-state index < -0.39 is 12.1 Å². The topological polar surface area (TPSA) is 149 Å². The lowest BCUT2D eigenvalue weighted by atomic mass is 9.85. The molecule has 2 amide bonds. The van der Waals surface area contributed by atoms with Crippen molar-refractivity contribution in [3.63, 3.8) is 0 Å². The van der Waals surface area contributed by atoms with Gasteiger partial charge in [0.1, 0.15) is 6.04 Å². The summed E-state index contributed by atoms with van der Waals surface area (Å²) < 4.78 is 0. The number of hydrogen-bond acceptors (Lipinski definition) is 4. The Morgan fingerprint density at radius 1 is 0.886 bits per heavy atom. The summed E-state index contributed by atoms with van der Waals surface area (Å²) in [5, 5.41) is 6.10. The minimum Gasteiger partial charge on any atom is -0.370 e. The molecule has 0 spiro atoms. The van der Waals surface area contributed by atoms with Crippen molar-refractivity contribution in [1.29, 1.82) is 0 Å². The van der Waals surface area contributed by atoms with Crippen molar-refractivity contribution in [3.8, 4) is 0 Å². The van der Waals surface area contributed by atoms with Gasteiger partial charge in [0.25, 0.3) is 0 Å². The predicted molar refractivity (Wildman–Crippen MR) is 141 cm³/mol. The standard InChI is InChI=1S/C27H44N6O2/c28-23(17-20-11-14-22(15-12-20)32-27(29)30)25(34)33-24(16-13-19-7-3-1-4-8-19)26(35)31-18-21-9-5-2-6-10-21/h11-12,14-15,19,21,23-24H,1-10,13,16-18,28H2,(H,31,35)(H,33,34)(H4,29,30,32)/t23-,24-/m0/s1. The van der Waals surface area contributed by atoms with Gasteiger partial charge >= 0.3 is 0 Å². The number of guanidine groups is 1. The summed E-state index contributed by atoms with van der Waals surface area (Å²) in [7, 11) is 0. The Hall–Kier alpha value is -2.61. The molecule has 2 saturated carbocycles. The van der Waals surface area contributed by atoms with Crippen LogP contribution in [0.15, 0.2) is 29.3 Å². The molecule has 0 saturated heterocycles. The molecular weight excluding hydrogens is 440 g/mol. The SMILES string of the molecule is NC(N)=Nc1ccc(C[C@H](N)C(=O)N[C@@H](CCC2CCCCC2)C(=O)NCC2CCCCC2)cc1. The number of rotatable bonds is 11. The van der Waals surface area contributed by atoms with Crippen LogP contribution < -0.4 is 27.8 Å². The highest BCUT2D eigenvalue weighted by Gasteiger charge is 2.26. The van der Waals surface area contributed by atoms with Gasteiger partial charge in [0, 0.05) is 6.54 Å². The number of carbonyl (C=O) groups is 2. The van der Waals surface area contributed by atoms with Gasteiger partial charge in [-0.2, -0.15) is 0 Å². The minimum atomic E-state index is -0.743. The molecule has 0 aliphatic heterocycles. The van der Waals surface area contributed by atoms with Gasteiger partial charge in [-0.1, -0.05) is 63.5 Å². The Bertz CT molecular complexity index is 825. The monoisotopic (exact) mass is 484 g/mol. The average molecular weight is 485 g/mol. The zero-order valence-electron chi connectivity index (χ0n) is 21.0. The molecule has 3 rings (SSSR count). The van der Waals surface area contributed by atoms with Crippen LogP contribution in [0.5, 0.6) is 0 Å². The molecule has 0 aromatic heterocycles. The maximum Gasteiger partial charge on any atom is 0.242 e. The molecule has 2 aliphatic rings. The Morgan fingerprint density at radius 2 is 1.49 bits per heavy atom. The molecule has 2 atom stereocenters. The fraction of sp³-hybridized carbons (Fsp3) is 0.667. The molecule has 8 nitrogen and oxygen atoms in total. The Balaban J connectivity index is 1.55. The molecule has 0 unspecified atom stereocenters. The van der Waals surface area contributed by atoms with E-state index in [1.165, 1.54) is 64.2 Å². The average Bonchev–Trinajstić information content (AvgIpc) is 2.87. The summed E-state index contributed by atoms with van der Waals surface area (Å²) in [6.45, 7) is 0.697. The highest BCUT2D eigenvalue weighted by molar-refractivity contribution is 5.89. The number of amides is 2. The van der Waals surface area contributed by atoms with Crippen molar-refractivity contribution in [1.82, 2.24) is 10.6 Å². The van der Waals surface area contributed by atoms with Crippen molar-refractivity contribution in [2.75, 3.05) is 6.54 Å². The van der Waals surface area contributed by atoms with E-state index >= 15 is 0 Å². The van der Waals surface area contributed by atoms with E-state index in [-0.39, 0.29) is 17.8 Å². The third kappa shape index (κ3) is 9.51. The number of nitrogens with one attached hydrogen (secondary N) is 2. The lowest BCUT2D eigenvalue weighted by Crippen LogP contribution is -2.52. The molecule has 0 heterocycles. The zero-order valence-corrected chi connectivity index (χ0v) is 21.0. The summed E-state index contributed by atoms with van der Waals surface area (Å²) in [6.07, 6.45) is 14.4. The van der Waals surface area contributed by atoms with Crippen LogP contribution in [-0.2, 0) is 16.0 Å². The molecule has 0 radical (unpaired) electrons. The van der Waals surface area contributed by atoms with Gasteiger partial charge in [0.05, 0.1) is 11.7 Å². The summed E-state index contributed by atoms with van der Waals surface area (Å²) in [6, 6.07) is 5.99. The van der Waals surface area contributed by atoms with Crippen LogP contribution in [0.3, 0.4) is 0 Å². The van der Waals surface area contributed by atoms with Gasteiger partial charge in [-0.3, -0.25) is 9.59 Å². The van der Waals surface area contributed by atoms with E-state index in [1.807, 2.05) is 12.1 Å². The van der Waals surface area contributed by atoms with Crippen LogP contribution in [0.4, 0.5) is 5.69 Å². The molecule has 35 heavy (non-hydrogen) atoms. The number of carbonyl (C=O) groups excluding carboxylic acids is 2. The van der Waals surface area contributed by atoms with Crippen molar-refractivity contribution >= 4 is 23.5 Å². The van der Waals surface area contributed by atoms with Crippen molar-refractivity contribution in [2.45, 2.75) is 95.6 Å². The van der Waals surface area contributed by atoms with E-state index in [1.54, 1.807) is 12.1 Å². The number of aliphatic imine (C=N–C) groups is 1. The number of hydrogen-bond donors (Lipinski definition) is 5. The molecule has 1 aromatic rings. The molecule has 8 heteroatoms. The number of nitrogens with two attached hydrogens (primary N) is 3. The summed E-state index contributed by atoms with van der Waals surface area (Å²) in [5.41, 5.74) is 18.6. The van der Waals surface area contributed by atoms with Crippen LogP contribution in [-0.4, -0.2) is 36.4 Å². The largest absolute Gasteiger partial charge is 0.370 e. The maximum absolute atomic E-state index is 13.1. The Kier molecular flexibility index (Phi) is 10.8. The molecule has 0 bridgehead atoms. The third-order valence-corrected chi connectivity index (χ3v) is 7.50. The highest BCUT2D eigenvalue weighted by atomic mass is 16.2. The van der Waals surface area contributed by atoms with Crippen LogP contribution in [0.2, 0.25) is 0 Å². The second-order valence-electron chi connectivity index (χ2n) is 10.4. The minimum absolute atomic E-state index is 0.00476. The van der Waals surface area contributed by atoms with Crippen molar-refractivity contribution in [2.24, 2.45) is 34.0 Å². The summed E-state index contributed by atoms with van der Waals surface area (Å²) in [4.78, 5) is 30.1. The highest BCUT2D eigenvalue weighted by Crippen LogP contribution is 2.28. The fourth-order valence-electron chi connectivity index (χ4n) is 5.39. The van der Waals surface area contributed by atoms with Gasteiger partial charge in [0.2, 0.25) is 11.8 Å². The van der Waals surface area contributed by atoms with Crippen LogP contribution in [0.25, 0.3) is 0 Å². The van der Waals surface area contributed by atoms with Gasteiger partial charge in [-0.05, 0) is 61.6 Å². The summed E-state index contributed by atoms with van der Waals surface area (Å²) in [5.74, 6) is 0.821. The molecule has 194 valence electrons. The van der Waals surface area contributed by atoms with Gasteiger partial charge in [0.15, 0.2) is 5.96 Å². The quantitative estimate of drug-likeness (QED) is 0.242. The van der Waals surface area contributed by atoms with Crippen molar-refractivity contribution < 1.29 is 9.59 Å². The molecule has 2 fully saturated rings. The van der Waals surface area contributed by atoms with E-state index in [4.69, 9.17) is 17.2 Å². The Labute approximate surface area is 209 Å². The van der Waals surface area contributed by atoms with E-state index in [2.05, 4.69) is 15.6 Å². The second kappa shape index (κ2) is 14.1. The number of benzene rings is 1. The molecular formula is C27H44N6O2. The molecule has 1 aromatic carbocycles. The number of nitrogens with zero attached hydrogens (tertiary/aromatic N) is 1. The van der Waals surface area contributed by atoms with E-state index in [0.29, 0.717) is 36.9 Å². The smallest absolute Gasteiger partial charge is 0.242 e. The first-order valence-electron chi connectivity index (χ1n) is 13.4. The zero-order chi connectivity index (χ0) is 25.0. The third-order valence-electron chi connectivity index (χ3n) is 7.50. The van der Waals surface area contributed by atoms with Crippen LogP contribution >= 0.6 is 0 Å². The van der Waals surface area contributed by atoms with E-state index in [0.717, 1.165) is 12.0 Å². The van der Waals surface area contributed by atoms with Gasteiger partial charge in [-0.15, -0.1) is 0 Å². The van der Waals surface area contributed by atoms with Crippen LogP contribution in [0.1, 0.15) is 82.6 Å².